The van der Waals surface area contributed by atoms with Crippen molar-refractivity contribution in [1.29, 1.82) is 0 Å². The molecule has 1 unspecified atom stereocenters. The number of amides is 1. The average Bonchev–Trinajstić information content (AvgIpc) is 2.04. The summed E-state index contributed by atoms with van der Waals surface area (Å²) in [7, 11) is 0. The number of phenols is 1. The van der Waals surface area contributed by atoms with Gasteiger partial charge in [0.05, 0.1) is 0 Å². The molecule has 1 aromatic rings. The van der Waals surface area contributed by atoms with Crippen LogP contribution in [-0.4, -0.2) is 11.0 Å². The lowest BCUT2D eigenvalue weighted by molar-refractivity contribution is -0.119. The van der Waals surface area contributed by atoms with E-state index >= 15 is 0 Å². The number of benzene rings is 1. The number of nitrogens with two attached hydrogens (primary N) is 2. The van der Waals surface area contributed by atoms with E-state index in [2.05, 4.69) is 0 Å². The maximum Gasteiger partial charge on any atom is 0.239 e. The molecule has 0 fully saturated rings. The minimum Gasteiger partial charge on any atom is -0.508 e. The van der Waals surface area contributed by atoms with Crippen molar-refractivity contribution in [2.75, 3.05) is 0 Å². The van der Waals surface area contributed by atoms with E-state index in [1.807, 2.05) is 0 Å². The molecular formula is C8H10N2O2. The third-order valence-corrected chi connectivity index (χ3v) is 1.58. The minimum absolute atomic E-state index is 0.0104. The molecule has 0 heterocycles. The molecule has 0 saturated heterocycles. The Kier molecular flexibility index (Phi) is 2.30. The SMILES string of the molecule is NC(=O)C(N)c1ccccc1O. The first-order valence-electron chi connectivity index (χ1n) is 3.45. The lowest BCUT2D eigenvalue weighted by Crippen LogP contribution is -2.28. The Morgan fingerprint density at radius 1 is 1.42 bits per heavy atom. The highest BCUT2D eigenvalue weighted by atomic mass is 16.3. The van der Waals surface area contributed by atoms with Crippen LogP contribution in [0.5, 0.6) is 5.75 Å². The third-order valence-electron chi connectivity index (χ3n) is 1.58. The molecule has 4 nitrogen and oxygen atoms in total. The van der Waals surface area contributed by atoms with Crippen molar-refractivity contribution in [2.24, 2.45) is 11.5 Å². The van der Waals surface area contributed by atoms with E-state index in [4.69, 9.17) is 11.5 Å². The molecule has 1 amide bonds. The summed E-state index contributed by atoms with van der Waals surface area (Å²) in [5.41, 5.74) is 10.7. The zero-order valence-corrected chi connectivity index (χ0v) is 6.40. The Hall–Kier alpha value is -1.55. The van der Waals surface area contributed by atoms with Crippen molar-refractivity contribution in [1.82, 2.24) is 0 Å². The maximum atomic E-state index is 10.6. The summed E-state index contributed by atoms with van der Waals surface area (Å²) in [4.78, 5) is 10.6. The normalized spacial score (nSPS) is 12.4. The van der Waals surface area contributed by atoms with Crippen molar-refractivity contribution in [3.05, 3.63) is 29.8 Å². The van der Waals surface area contributed by atoms with Gasteiger partial charge in [0.2, 0.25) is 5.91 Å². The van der Waals surface area contributed by atoms with Crippen LogP contribution >= 0.6 is 0 Å². The Labute approximate surface area is 69.8 Å². The molecule has 4 heteroatoms. The van der Waals surface area contributed by atoms with Gasteiger partial charge in [-0.1, -0.05) is 18.2 Å². The summed E-state index contributed by atoms with van der Waals surface area (Å²) in [5.74, 6) is -0.666. The Balaban J connectivity index is 3.02. The first-order chi connectivity index (χ1) is 5.63. The van der Waals surface area contributed by atoms with Crippen molar-refractivity contribution in [3.8, 4) is 5.75 Å². The predicted octanol–water partition coefficient (Wildman–Crippen LogP) is -0.123. The highest BCUT2D eigenvalue weighted by molar-refractivity contribution is 5.81. The molecule has 0 aliphatic heterocycles. The van der Waals surface area contributed by atoms with Gasteiger partial charge >= 0.3 is 0 Å². The predicted molar refractivity (Wildman–Crippen MR) is 44.2 cm³/mol. The Bertz CT molecular complexity index is 299. The summed E-state index contributed by atoms with van der Waals surface area (Å²) in [6.07, 6.45) is 0. The van der Waals surface area contributed by atoms with Crippen LogP contribution in [0, 0.1) is 0 Å². The molecular weight excluding hydrogens is 156 g/mol. The van der Waals surface area contributed by atoms with E-state index in [1.54, 1.807) is 18.2 Å². The molecule has 0 spiro atoms. The van der Waals surface area contributed by atoms with Crippen molar-refractivity contribution in [2.45, 2.75) is 6.04 Å². The topological polar surface area (TPSA) is 89.3 Å². The van der Waals surface area contributed by atoms with Gasteiger partial charge in [-0.2, -0.15) is 0 Å². The zero-order valence-electron chi connectivity index (χ0n) is 6.40. The molecule has 0 saturated carbocycles. The molecule has 5 N–H and O–H groups in total. The first-order valence-corrected chi connectivity index (χ1v) is 3.45. The largest absolute Gasteiger partial charge is 0.508 e. The van der Waals surface area contributed by atoms with Gasteiger partial charge in [-0.15, -0.1) is 0 Å². The standard InChI is InChI=1S/C8H10N2O2/c9-7(8(10)12)5-3-1-2-4-6(5)11/h1-4,7,11H,9H2,(H2,10,12). The second-order valence-corrected chi connectivity index (χ2v) is 2.44. The number of carbonyl (C=O) groups excluding carboxylic acids is 1. The molecule has 1 aromatic carbocycles. The van der Waals surface area contributed by atoms with Gasteiger partial charge in [-0.05, 0) is 6.07 Å². The van der Waals surface area contributed by atoms with Crippen LogP contribution in [0.2, 0.25) is 0 Å². The maximum absolute atomic E-state index is 10.6. The summed E-state index contributed by atoms with van der Waals surface area (Å²) in [6, 6.07) is 5.40. The summed E-state index contributed by atoms with van der Waals surface area (Å²) < 4.78 is 0. The van der Waals surface area contributed by atoms with Gasteiger partial charge in [0.1, 0.15) is 11.8 Å². The fourth-order valence-corrected chi connectivity index (χ4v) is 0.904. The lowest BCUT2D eigenvalue weighted by Gasteiger charge is -2.08. The van der Waals surface area contributed by atoms with Crippen LogP contribution in [0.1, 0.15) is 11.6 Å². The number of carbonyl (C=O) groups is 1. The van der Waals surface area contributed by atoms with Gasteiger partial charge in [-0.3, -0.25) is 4.79 Å². The second kappa shape index (κ2) is 3.23. The minimum atomic E-state index is -0.939. The molecule has 0 aromatic heterocycles. The van der Waals surface area contributed by atoms with E-state index in [-0.39, 0.29) is 5.75 Å². The van der Waals surface area contributed by atoms with E-state index in [0.29, 0.717) is 5.56 Å². The summed E-state index contributed by atoms with van der Waals surface area (Å²) in [6.45, 7) is 0. The van der Waals surface area contributed by atoms with Gasteiger partial charge in [0, 0.05) is 5.56 Å². The van der Waals surface area contributed by atoms with E-state index in [1.165, 1.54) is 6.07 Å². The lowest BCUT2D eigenvalue weighted by atomic mass is 10.1. The highest BCUT2D eigenvalue weighted by Crippen LogP contribution is 2.21. The monoisotopic (exact) mass is 166 g/mol. The highest BCUT2D eigenvalue weighted by Gasteiger charge is 2.14. The zero-order chi connectivity index (χ0) is 9.14. The van der Waals surface area contributed by atoms with Crippen LogP contribution in [0.3, 0.4) is 0 Å². The van der Waals surface area contributed by atoms with Crippen molar-refractivity contribution in [3.63, 3.8) is 0 Å². The number of primary amides is 1. The van der Waals surface area contributed by atoms with E-state index in [0.717, 1.165) is 0 Å². The van der Waals surface area contributed by atoms with Gasteiger partial charge in [0.25, 0.3) is 0 Å². The second-order valence-electron chi connectivity index (χ2n) is 2.44. The number of para-hydroxylation sites is 1. The van der Waals surface area contributed by atoms with Crippen LogP contribution in [0.15, 0.2) is 24.3 Å². The first kappa shape index (κ1) is 8.55. The van der Waals surface area contributed by atoms with Crippen LogP contribution < -0.4 is 11.5 Å². The molecule has 0 radical (unpaired) electrons. The van der Waals surface area contributed by atoms with Crippen LogP contribution in [0.4, 0.5) is 0 Å². The van der Waals surface area contributed by atoms with E-state index in [9.17, 15) is 9.90 Å². The van der Waals surface area contributed by atoms with Gasteiger partial charge in [0.15, 0.2) is 0 Å². The number of phenolic OH excluding ortho intramolecular Hbond substituents is 1. The molecule has 64 valence electrons. The quantitative estimate of drug-likeness (QED) is 0.572. The van der Waals surface area contributed by atoms with E-state index < -0.39 is 11.9 Å². The Morgan fingerprint density at radius 2 is 2.00 bits per heavy atom. The third kappa shape index (κ3) is 1.54. The van der Waals surface area contributed by atoms with Gasteiger partial charge < -0.3 is 16.6 Å². The van der Waals surface area contributed by atoms with Gasteiger partial charge in [-0.25, -0.2) is 0 Å². The number of aromatic hydroxyl groups is 1. The van der Waals surface area contributed by atoms with Crippen LogP contribution in [-0.2, 0) is 4.79 Å². The molecule has 0 bridgehead atoms. The molecule has 12 heavy (non-hydrogen) atoms. The molecule has 0 aliphatic carbocycles. The van der Waals surface area contributed by atoms with Crippen molar-refractivity contribution < 1.29 is 9.90 Å². The van der Waals surface area contributed by atoms with Crippen LogP contribution in [0.25, 0.3) is 0 Å². The fraction of sp³-hybridized carbons (Fsp3) is 0.125. The number of hydrogen-bond donors (Lipinski definition) is 3. The fourth-order valence-electron chi connectivity index (χ4n) is 0.904. The van der Waals surface area contributed by atoms with Crippen molar-refractivity contribution >= 4 is 5.91 Å². The Morgan fingerprint density at radius 3 is 2.50 bits per heavy atom. The molecule has 1 rings (SSSR count). The smallest absolute Gasteiger partial charge is 0.239 e. The molecule has 0 aliphatic rings. The summed E-state index contributed by atoms with van der Waals surface area (Å²) >= 11 is 0. The number of rotatable bonds is 2. The summed E-state index contributed by atoms with van der Waals surface area (Å²) in [5, 5.41) is 9.24. The number of hydrogen-bond acceptors (Lipinski definition) is 3. The average molecular weight is 166 g/mol. The molecule has 1 atom stereocenters.